The van der Waals surface area contributed by atoms with Gasteiger partial charge in [0, 0.05) is 12.6 Å². The Morgan fingerprint density at radius 1 is 1.35 bits per heavy atom. The van der Waals surface area contributed by atoms with E-state index < -0.39 is 12.0 Å². The minimum absolute atomic E-state index is 0.220. The second-order valence-electron chi connectivity index (χ2n) is 4.45. The van der Waals surface area contributed by atoms with Gasteiger partial charge in [0.05, 0.1) is 10.0 Å². The Bertz CT molecular complexity index is 535. The summed E-state index contributed by atoms with van der Waals surface area (Å²) in [5.74, 6) is -0.912. The third kappa shape index (κ3) is 3.35. The average Bonchev–Trinajstić information content (AvgIpc) is 2.89. The molecule has 1 aliphatic heterocycles. The van der Waals surface area contributed by atoms with Crippen molar-refractivity contribution in [1.82, 2.24) is 4.90 Å². The Balaban J connectivity index is 1.94. The molecule has 0 radical (unpaired) electrons. The van der Waals surface area contributed by atoms with E-state index in [9.17, 15) is 9.59 Å². The molecule has 1 aliphatic rings. The number of halogens is 2. The summed E-state index contributed by atoms with van der Waals surface area (Å²) >= 11 is 11.6. The third-order valence-corrected chi connectivity index (χ3v) is 3.85. The number of carbonyl (C=O) groups is 2. The van der Waals surface area contributed by atoms with Crippen LogP contribution in [0.5, 0.6) is 5.75 Å². The number of ether oxygens (including phenoxy) is 1. The van der Waals surface area contributed by atoms with Crippen molar-refractivity contribution in [2.45, 2.75) is 18.9 Å². The summed E-state index contributed by atoms with van der Waals surface area (Å²) in [6.45, 7) is 0.224. The van der Waals surface area contributed by atoms with Crippen molar-refractivity contribution in [3.8, 4) is 5.75 Å². The molecule has 1 heterocycles. The Kier molecular flexibility index (Phi) is 4.73. The standard InChI is InChI=1S/C13H13Cl2NO4/c14-9-4-3-8(6-10(9)15)20-7-12(17)16-5-1-2-11(16)13(18)19/h3-4,6,11H,1-2,5,7H2,(H,18,19)/t11-/m0/s1. The predicted octanol–water partition coefficient (Wildman–Crippen LogP) is 2.45. The van der Waals surface area contributed by atoms with Crippen LogP contribution < -0.4 is 4.74 Å². The molecular weight excluding hydrogens is 305 g/mol. The minimum atomic E-state index is -0.981. The van der Waals surface area contributed by atoms with Gasteiger partial charge in [0.2, 0.25) is 0 Å². The lowest BCUT2D eigenvalue weighted by Gasteiger charge is -2.21. The molecular formula is C13H13Cl2NO4. The van der Waals surface area contributed by atoms with Crippen LogP contribution >= 0.6 is 23.2 Å². The molecule has 2 rings (SSSR count). The predicted molar refractivity (Wildman–Crippen MR) is 74.3 cm³/mol. The summed E-state index contributed by atoms with van der Waals surface area (Å²) in [7, 11) is 0. The van der Waals surface area contributed by atoms with Gasteiger partial charge >= 0.3 is 5.97 Å². The first kappa shape index (κ1) is 14.9. The smallest absolute Gasteiger partial charge is 0.326 e. The van der Waals surface area contributed by atoms with Crippen LogP contribution in [-0.2, 0) is 9.59 Å². The van der Waals surface area contributed by atoms with Crippen molar-refractivity contribution in [2.24, 2.45) is 0 Å². The number of rotatable bonds is 4. The van der Waals surface area contributed by atoms with Gasteiger partial charge in [-0.2, -0.15) is 0 Å². The molecule has 0 aromatic heterocycles. The fraction of sp³-hybridized carbons (Fsp3) is 0.385. The lowest BCUT2D eigenvalue weighted by molar-refractivity contribution is -0.148. The zero-order valence-electron chi connectivity index (χ0n) is 10.5. The van der Waals surface area contributed by atoms with E-state index in [1.54, 1.807) is 12.1 Å². The SMILES string of the molecule is O=C(O)[C@@H]1CCCN1C(=O)COc1ccc(Cl)c(Cl)c1. The van der Waals surface area contributed by atoms with Crippen LogP contribution in [0.2, 0.25) is 10.0 Å². The number of carbonyl (C=O) groups excluding carboxylic acids is 1. The van der Waals surface area contributed by atoms with Crippen LogP contribution in [-0.4, -0.2) is 41.1 Å². The van der Waals surface area contributed by atoms with Gasteiger partial charge in [-0.25, -0.2) is 4.79 Å². The number of aliphatic carboxylic acids is 1. The summed E-state index contributed by atoms with van der Waals surface area (Å²) in [6.07, 6.45) is 1.17. The average molecular weight is 318 g/mol. The molecule has 1 atom stereocenters. The second-order valence-corrected chi connectivity index (χ2v) is 5.26. The van der Waals surface area contributed by atoms with Gasteiger partial charge in [0.15, 0.2) is 6.61 Å². The van der Waals surface area contributed by atoms with Crippen molar-refractivity contribution in [1.29, 1.82) is 0 Å². The van der Waals surface area contributed by atoms with Crippen molar-refractivity contribution in [2.75, 3.05) is 13.2 Å². The number of nitrogens with zero attached hydrogens (tertiary/aromatic N) is 1. The van der Waals surface area contributed by atoms with Gasteiger partial charge < -0.3 is 14.7 Å². The van der Waals surface area contributed by atoms with Gasteiger partial charge in [-0.3, -0.25) is 4.79 Å². The van der Waals surface area contributed by atoms with Crippen molar-refractivity contribution >= 4 is 35.1 Å². The van der Waals surface area contributed by atoms with E-state index in [-0.39, 0.29) is 12.5 Å². The molecule has 0 bridgehead atoms. The molecule has 0 unspecified atom stereocenters. The molecule has 0 saturated carbocycles. The van der Waals surface area contributed by atoms with E-state index in [2.05, 4.69) is 0 Å². The quantitative estimate of drug-likeness (QED) is 0.926. The van der Waals surface area contributed by atoms with Crippen LogP contribution in [0.3, 0.4) is 0 Å². The van der Waals surface area contributed by atoms with Gasteiger partial charge in [0.1, 0.15) is 11.8 Å². The zero-order chi connectivity index (χ0) is 14.7. The number of carboxylic acid groups (broad SMARTS) is 1. The molecule has 1 aromatic carbocycles. The molecule has 1 amide bonds. The first-order chi connectivity index (χ1) is 9.49. The van der Waals surface area contributed by atoms with E-state index in [1.807, 2.05) is 0 Å². The van der Waals surface area contributed by atoms with E-state index >= 15 is 0 Å². The fourth-order valence-electron chi connectivity index (χ4n) is 2.12. The number of carboxylic acids is 1. The normalized spacial score (nSPS) is 18.1. The highest BCUT2D eigenvalue weighted by Gasteiger charge is 2.33. The van der Waals surface area contributed by atoms with E-state index in [0.717, 1.165) is 0 Å². The Morgan fingerprint density at radius 2 is 2.10 bits per heavy atom. The molecule has 20 heavy (non-hydrogen) atoms. The number of likely N-dealkylation sites (tertiary alicyclic amines) is 1. The van der Waals surface area contributed by atoms with Crippen LogP contribution in [0.4, 0.5) is 0 Å². The van der Waals surface area contributed by atoms with E-state index in [4.69, 9.17) is 33.0 Å². The Labute approximate surface area is 126 Å². The summed E-state index contributed by atoms with van der Waals surface area (Å²) in [5.41, 5.74) is 0. The number of hydrogen-bond acceptors (Lipinski definition) is 3. The Hall–Kier alpha value is -1.46. The maximum absolute atomic E-state index is 12.0. The number of hydrogen-bond donors (Lipinski definition) is 1. The summed E-state index contributed by atoms with van der Waals surface area (Å²) in [5, 5.41) is 9.75. The van der Waals surface area contributed by atoms with Crippen molar-refractivity contribution in [3.63, 3.8) is 0 Å². The largest absolute Gasteiger partial charge is 0.484 e. The summed E-state index contributed by atoms with van der Waals surface area (Å²) in [6, 6.07) is 3.93. The molecule has 5 nitrogen and oxygen atoms in total. The molecule has 108 valence electrons. The first-order valence-corrected chi connectivity index (χ1v) is 6.85. The Morgan fingerprint density at radius 3 is 2.75 bits per heavy atom. The second kappa shape index (κ2) is 6.33. The summed E-state index contributed by atoms with van der Waals surface area (Å²) in [4.78, 5) is 24.3. The van der Waals surface area contributed by atoms with Gasteiger partial charge in [-0.1, -0.05) is 23.2 Å². The molecule has 0 spiro atoms. The fourth-order valence-corrected chi connectivity index (χ4v) is 2.40. The molecule has 1 saturated heterocycles. The van der Waals surface area contributed by atoms with Crippen LogP contribution in [0, 0.1) is 0 Å². The topological polar surface area (TPSA) is 66.8 Å². The maximum Gasteiger partial charge on any atom is 0.326 e. The number of benzene rings is 1. The van der Waals surface area contributed by atoms with Gasteiger partial charge in [0.25, 0.3) is 5.91 Å². The molecule has 0 aliphatic carbocycles. The first-order valence-electron chi connectivity index (χ1n) is 6.09. The molecule has 7 heteroatoms. The highest BCUT2D eigenvalue weighted by Crippen LogP contribution is 2.26. The van der Waals surface area contributed by atoms with E-state index in [1.165, 1.54) is 11.0 Å². The monoisotopic (exact) mass is 317 g/mol. The van der Waals surface area contributed by atoms with Crippen molar-refractivity contribution in [3.05, 3.63) is 28.2 Å². The van der Waals surface area contributed by atoms with E-state index in [0.29, 0.717) is 35.2 Å². The highest BCUT2D eigenvalue weighted by atomic mass is 35.5. The highest BCUT2D eigenvalue weighted by molar-refractivity contribution is 6.42. The van der Waals surface area contributed by atoms with Gasteiger partial charge in [-0.05, 0) is 25.0 Å². The lowest BCUT2D eigenvalue weighted by Crippen LogP contribution is -2.42. The van der Waals surface area contributed by atoms with Crippen LogP contribution in [0.15, 0.2) is 18.2 Å². The molecule has 1 N–H and O–H groups in total. The van der Waals surface area contributed by atoms with Crippen molar-refractivity contribution < 1.29 is 19.4 Å². The van der Waals surface area contributed by atoms with Crippen LogP contribution in [0.25, 0.3) is 0 Å². The van der Waals surface area contributed by atoms with Gasteiger partial charge in [-0.15, -0.1) is 0 Å². The zero-order valence-corrected chi connectivity index (χ0v) is 12.0. The lowest BCUT2D eigenvalue weighted by atomic mass is 10.2. The third-order valence-electron chi connectivity index (χ3n) is 3.11. The molecule has 1 fully saturated rings. The minimum Gasteiger partial charge on any atom is -0.484 e. The van der Waals surface area contributed by atoms with Crippen LogP contribution in [0.1, 0.15) is 12.8 Å². The number of amides is 1. The molecule has 1 aromatic rings. The summed E-state index contributed by atoms with van der Waals surface area (Å²) < 4.78 is 5.32. The maximum atomic E-state index is 12.0.